The quantitative estimate of drug-likeness (QED) is 0.555. The first-order valence-electron chi connectivity index (χ1n) is 2.48. The standard InChI is InChI=1S/C5H6N3O/c1-6-4-2-3-7-5(9)8-4/h2-3H,1H3,(H,7,8,9). The van der Waals surface area contributed by atoms with Crippen molar-refractivity contribution in [2.24, 2.45) is 0 Å². The second-order valence-corrected chi connectivity index (χ2v) is 1.48. The normalized spacial score (nSPS) is 9.00. The maximum Gasteiger partial charge on any atom is 0.346 e. The highest BCUT2D eigenvalue weighted by atomic mass is 16.1. The molecule has 4 heteroatoms. The third-order valence-electron chi connectivity index (χ3n) is 0.884. The molecule has 0 spiro atoms. The Morgan fingerprint density at radius 3 is 3.00 bits per heavy atom. The molecule has 0 aliphatic rings. The fourth-order valence-corrected chi connectivity index (χ4v) is 0.486. The van der Waals surface area contributed by atoms with E-state index in [4.69, 9.17) is 0 Å². The van der Waals surface area contributed by atoms with Crippen LogP contribution in [0, 0.1) is 0 Å². The Hall–Kier alpha value is -1.32. The van der Waals surface area contributed by atoms with E-state index in [1.54, 1.807) is 13.1 Å². The van der Waals surface area contributed by atoms with Crippen molar-refractivity contribution < 1.29 is 0 Å². The maximum atomic E-state index is 10.4. The third kappa shape index (κ3) is 1.28. The van der Waals surface area contributed by atoms with E-state index in [2.05, 4.69) is 15.3 Å². The first-order chi connectivity index (χ1) is 4.33. The van der Waals surface area contributed by atoms with E-state index >= 15 is 0 Å². The Bertz CT molecular complexity index is 242. The van der Waals surface area contributed by atoms with Crippen LogP contribution in [0.3, 0.4) is 0 Å². The van der Waals surface area contributed by atoms with Gasteiger partial charge in [0, 0.05) is 13.2 Å². The number of aromatic nitrogens is 2. The summed E-state index contributed by atoms with van der Waals surface area (Å²) >= 11 is 0. The minimum Gasteiger partial charge on any atom is -0.313 e. The van der Waals surface area contributed by atoms with Crippen LogP contribution in [0.15, 0.2) is 17.1 Å². The van der Waals surface area contributed by atoms with Crippen molar-refractivity contribution in [3.05, 3.63) is 22.7 Å². The second-order valence-electron chi connectivity index (χ2n) is 1.48. The van der Waals surface area contributed by atoms with E-state index in [9.17, 15) is 4.79 Å². The van der Waals surface area contributed by atoms with Crippen molar-refractivity contribution in [2.45, 2.75) is 0 Å². The van der Waals surface area contributed by atoms with Gasteiger partial charge in [0.2, 0.25) is 0 Å². The number of rotatable bonds is 1. The largest absolute Gasteiger partial charge is 0.346 e. The Balaban J connectivity index is 3.08. The zero-order chi connectivity index (χ0) is 6.69. The number of aromatic amines is 1. The molecule has 1 heterocycles. The van der Waals surface area contributed by atoms with Gasteiger partial charge in [0.1, 0.15) is 0 Å². The maximum absolute atomic E-state index is 10.4. The van der Waals surface area contributed by atoms with Crippen LogP contribution in [0.1, 0.15) is 0 Å². The number of H-pyrrole nitrogens is 1. The van der Waals surface area contributed by atoms with Crippen molar-refractivity contribution in [1.82, 2.24) is 15.3 Å². The van der Waals surface area contributed by atoms with E-state index in [-0.39, 0.29) is 5.69 Å². The average Bonchev–Trinajstić information content (AvgIpc) is 1.88. The lowest BCUT2D eigenvalue weighted by molar-refractivity contribution is 0.966. The summed E-state index contributed by atoms with van der Waals surface area (Å²) in [5.41, 5.74) is -0.363. The molecule has 0 atom stereocenters. The number of hydrogen-bond acceptors (Lipinski definition) is 2. The molecule has 1 N–H and O–H groups in total. The summed E-state index contributed by atoms with van der Waals surface area (Å²) in [5.74, 6) is 0.457. The lowest BCUT2D eigenvalue weighted by Crippen LogP contribution is -2.10. The van der Waals surface area contributed by atoms with Crippen molar-refractivity contribution in [3.63, 3.8) is 0 Å². The van der Waals surface area contributed by atoms with Crippen molar-refractivity contribution >= 4 is 5.82 Å². The molecule has 1 rings (SSSR count). The molecule has 0 bridgehead atoms. The van der Waals surface area contributed by atoms with Crippen LogP contribution in [0.4, 0.5) is 5.82 Å². The number of nitrogens with one attached hydrogen (secondary N) is 1. The fraction of sp³-hybridized carbons (Fsp3) is 0.200. The summed E-state index contributed by atoms with van der Waals surface area (Å²) in [7, 11) is 1.59. The van der Waals surface area contributed by atoms with E-state index in [0.717, 1.165) is 0 Å². The number of hydrogen-bond donors (Lipinski definition) is 1. The molecule has 0 aliphatic heterocycles. The average molecular weight is 124 g/mol. The van der Waals surface area contributed by atoms with Gasteiger partial charge in [-0.3, -0.25) is 5.32 Å². The lowest BCUT2D eigenvalue weighted by Gasteiger charge is -1.89. The summed E-state index contributed by atoms with van der Waals surface area (Å²) < 4.78 is 0. The molecule has 1 radical (unpaired) electrons. The molecular weight excluding hydrogens is 118 g/mol. The van der Waals surface area contributed by atoms with E-state index in [1.165, 1.54) is 6.20 Å². The number of nitrogens with zero attached hydrogens (tertiary/aromatic N) is 2. The van der Waals surface area contributed by atoms with Gasteiger partial charge in [-0.1, -0.05) is 0 Å². The van der Waals surface area contributed by atoms with E-state index in [1.807, 2.05) is 0 Å². The van der Waals surface area contributed by atoms with Gasteiger partial charge in [-0.25, -0.2) is 4.79 Å². The molecule has 1 aromatic rings. The summed E-state index contributed by atoms with van der Waals surface area (Å²) in [4.78, 5) is 16.3. The first-order valence-corrected chi connectivity index (χ1v) is 2.48. The van der Waals surface area contributed by atoms with Crippen molar-refractivity contribution in [1.29, 1.82) is 0 Å². The Kier molecular flexibility index (Phi) is 1.48. The molecular formula is C5H6N3O. The van der Waals surface area contributed by atoms with Gasteiger partial charge in [-0.05, 0) is 6.07 Å². The molecule has 0 amide bonds. The van der Waals surface area contributed by atoms with Crippen LogP contribution in [0.2, 0.25) is 0 Å². The first kappa shape index (κ1) is 5.81. The van der Waals surface area contributed by atoms with Crippen LogP contribution in [-0.2, 0) is 0 Å². The molecule has 0 fully saturated rings. The third-order valence-corrected chi connectivity index (χ3v) is 0.884. The molecule has 0 aromatic carbocycles. The van der Waals surface area contributed by atoms with E-state index < -0.39 is 0 Å². The summed E-state index contributed by atoms with van der Waals surface area (Å²) in [5, 5.41) is 3.70. The van der Waals surface area contributed by atoms with Crippen molar-refractivity contribution in [2.75, 3.05) is 7.05 Å². The predicted molar refractivity (Wildman–Crippen MR) is 32.6 cm³/mol. The SMILES string of the molecule is C[N]c1cc[nH]c(=O)n1. The van der Waals surface area contributed by atoms with Crippen LogP contribution >= 0.6 is 0 Å². The Labute approximate surface area is 51.9 Å². The van der Waals surface area contributed by atoms with Crippen LogP contribution in [0.5, 0.6) is 0 Å². The lowest BCUT2D eigenvalue weighted by atomic mass is 10.6. The van der Waals surface area contributed by atoms with Crippen molar-refractivity contribution in [3.8, 4) is 0 Å². The Morgan fingerprint density at radius 2 is 2.56 bits per heavy atom. The van der Waals surface area contributed by atoms with Gasteiger partial charge in [0.15, 0.2) is 5.82 Å². The van der Waals surface area contributed by atoms with Gasteiger partial charge >= 0.3 is 5.69 Å². The zero-order valence-corrected chi connectivity index (χ0v) is 4.96. The molecule has 4 nitrogen and oxygen atoms in total. The molecule has 47 valence electrons. The Morgan fingerprint density at radius 1 is 1.78 bits per heavy atom. The highest BCUT2D eigenvalue weighted by molar-refractivity contribution is 5.20. The highest BCUT2D eigenvalue weighted by Crippen LogP contribution is 1.90. The molecule has 9 heavy (non-hydrogen) atoms. The fourth-order valence-electron chi connectivity index (χ4n) is 0.486. The summed E-state index contributed by atoms with van der Waals surface area (Å²) in [6, 6.07) is 1.63. The minimum atomic E-state index is -0.363. The molecule has 0 saturated carbocycles. The van der Waals surface area contributed by atoms with Gasteiger partial charge in [-0.15, -0.1) is 0 Å². The van der Waals surface area contributed by atoms with Gasteiger partial charge < -0.3 is 4.98 Å². The second kappa shape index (κ2) is 2.30. The monoisotopic (exact) mass is 124 g/mol. The topological polar surface area (TPSA) is 59.9 Å². The smallest absolute Gasteiger partial charge is 0.313 e. The minimum absolute atomic E-state index is 0.363. The van der Waals surface area contributed by atoms with Crippen LogP contribution in [0.25, 0.3) is 0 Å². The highest BCUT2D eigenvalue weighted by Gasteiger charge is 1.87. The zero-order valence-electron chi connectivity index (χ0n) is 4.96. The van der Waals surface area contributed by atoms with Gasteiger partial charge in [-0.2, -0.15) is 4.98 Å². The van der Waals surface area contributed by atoms with Gasteiger partial charge in [0.05, 0.1) is 0 Å². The summed E-state index contributed by atoms with van der Waals surface area (Å²) in [6.45, 7) is 0. The predicted octanol–water partition coefficient (Wildman–Crippen LogP) is -0.364. The molecule has 0 saturated heterocycles. The van der Waals surface area contributed by atoms with Crippen LogP contribution < -0.4 is 11.0 Å². The van der Waals surface area contributed by atoms with E-state index in [0.29, 0.717) is 5.82 Å². The summed E-state index contributed by atoms with van der Waals surface area (Å²) in [6.07, 6.45) is 1.51. The molecule has 1 aromatic heterocycles. The van der Waals surface area contributed by atoms with Gasteiger partial charge in [0.25, 0.3) is 0 Å². The molecule has 0 unspecified atom stereocenters. The molecule has 0 aliphatic carbocycles. The van der Waals surface area contributed by atoms with Crippen LogP contribution in [-0.4, -0.2) is 17.0 Å².